The van der Waals surface area contributed by atoms with Crippen LogP contribution in [0.4, 0.5) is 17.1 Å². The highest BCUT2D eigenvalue weighted by molar-refractivity contribution is 9.10. The van der Waals surface area contributed by atoms with Crippen molar-refractivity contribution in [1.29, 1.82) is 0 Å². The summed E-state index contributed by atoms with van der Waals surface area (Å²) in [5.41, 5.74) is 2.87. The second-order valence-corrected chi connectivity index (χ2v) is 8.56. The van der Waals surface area contributed by atoms with E-state index >= 15 is 0 Å². The predicted octanol–water partition coefficient (Wildman–Crippen LogP) is 1.30. The zero-order chi connectivity index (χ0) is 24.5. The summed E-state index contributed by atoms with van der Waals surface area (Å²) in [6, 6.07) is 11.6. The van der Waals surface area contributed by atoms with Crippen molar-refractivity contribution in [3.05, 3.63) is 52.3 Å². The first-order chi connectivity index (χ1) is 15.6. The minimum atomic E-state index is -0.630. The van der Waals surface area contributed by atoms with Crippen molar-refractivity contribution >= 4 is 90.8 Å². The molecule has 14 heteroatoms. The van der Waals surface area contributed by atoms with E-state index in [1.165, 1.54) is 5.69 Å². The van der Waals surface area contributed by atoms with Crippen molar-refractivity contribution in [3.63, 3.8) is 0 Å². The molecule has 0 atom stereocenters. The van der Waals surface area contributed by atoms with Crippen molar-refractivity contribution in [1.82, 2.24) is 0 Å². The van der Waals surface area contributed by atoms with Gasteiger partial charge in [-0.2, -0.15) is 0 Å². The molecule has 0 fully saturated rings. The molecule has 0 aliphatic carbocycles. The number of hydrogen-bond acceptors (Lipinski definition) is 4. The van der Waals surface area contributed by atoms with E-state index in [2.05, 4.69) is 43.7 Å². The Kier molecular flexibility index (Phi) is 10.9. The van der Waals surface area contributed by atoms with Gasteiger partial charge in [-0.15, -0.1) is 0 Å². The third-order valence-electron chi connectivity index (χ3n) is 5.07. The van der Waals surface area contributed by atoms with Gasteiger partial charge in [-0.1, -0.05) is 22.0 Å². The molecule has 33 heavy (non-hydrogen) atoms. The summed E-state index contributed by atoms with van der Waals surface area (Å²) in [5, 5.41) is 0. The number of halogens is 1. The Bertz CT molecular complexity index is 955. The molecule has 2 aliphatic heterocycles. The van der Waals surface area contributed by atoms with Crippen LogP contribution in [0, 0.1) is 6.57 Å². The maximum atomic E-state index is 6.87. The van der Waals surface area contributed by atoms with Crippen LogP contribution in [0.25, 0.3) is 4.85 Å². The third-order valence-corrected chi connectivity index (χ3v) is 5.57. The highest BCUT2D eigenvalue weighted by Crippen LogP contribution is 2.34. The quantitative estimate of drug-likeness (QED) is 0.471. The number of likely N-dealkylation sites (N-methyl/N-ethyl adjacent to an activating group) is 2. The van der Waals surface area contributed by atoms with Gasteiger partial charge in [-0.25, -0.2) is 4.85 Å². The summed E-state index contributed by atoms with van der Waals surface area (Å²) in [4.78, 5) is 7.69. The monoisotopic (exact) mass is 489 g/mol. The van der Waals surface area contributed by atoms with Gasteiger partial charge >= 0.3 is 0 Å². The smallest absolute Gasteiger partial charge is 0.191 e. The SMILES string of the molecule is CN1CCOc2cc(Br)ccc21.[B]B([B])B([B])B([B])[B].[C-]#[N+]c1ccc2c(c1)OCCN2C. The Hall–Kier alpha value is -1.87. The molecule has 2 aromatic carbocycles. The predicted molar refractivity (Wildman–Crippen MR) is 150 cm³/mol. The number of fused-ring (bicyclic) bond motifs is 2. The summed E-state index contributed by atoms with van der Waals surface area (Å²) in [6.07, 6.45) is -1.78. The molecule has 0 unspecified atom stereocenters. The Morgan fingerprint density at radius 1 is 0.848 bits per heavy atom. The van der Waals surface area contributed by atoms with E-state index in [-0.39, 0.29) is 0 Å². The van der Waals surface area contributed by atoms with E-state index in [1.54, 1.807) is 6.07 Å². The largest absolute Gasteiger partial charge is 0.491 e. The van der Waals surface area contributed by atoms with Crippen LogP contribution in [0.15, 0.2) is 40.9 Å². The topological polar surface area (TPSA) is 29.3 Å². The summed E-state index contributed by atoms with van der Waals surface area (Å²) in [6.45, 7) is 10.2. The minimum Gasteiger partial charge on any atom is -0.491 e. The second kappa shape index (κ2) is 13.1. The molecule has 0 saturated heterocycles. The molecule has 0 N–H and O–H groups in total. The van der Waals surface area contributed by atoms with Crippen molar-refractivity contribution in [3.8, 4) is 11.5 Å². The maximum Gasteiger partial charge on any atom is 0.191 e. The summed E-state index contributed by atoms with van der Waals surface area (Å²) in [7, 11) is 29.9. The molecule has 0 amide bonds. The van der Waals surface area contributed by atoms with Crippen molar-refractivity contribution < 1.29 is 9.47 Å². The lowest BCUT2D eigenvalue weighted by Crippen LogP contribution is -2.52. The van der Waals surface area contributed by atoms with Crippen LogP contribution in [0.3, 0.4) is 0 Å². The number of rotatable bonds is 2. The fraction of sp³-hybridized carbons (Fsp3) is 0.316. The molecule has 2 heterocycles. The highest BCUT2D eigenvalue weighted by atomic mass is 79.9. The Balaban J connectivity index is 0.000000181. The molecule has 2 aliphatic rings. The summed E-state index contributed by atoms with van der Waals surface area (Å²) >= 11 is 3.41. The standard InChI is InChI=1S/C10H10N2O.C9H10BrNO.B8/c1-11-8-3-4-9-10(7-8)13-6-5-12(9)2;1-11-4-5-12-9-6-7(10)2-3-8(9)11;1-6(2)8(5)7(3)4/h3-4,7H,5-6H2,2H3;2-3,6H,4-5H2,1H3;. The van der Waals surface area contributed by atoms with E-state index < -0.39 is 19.2 Å². The number of anilines is 2. The van der Waals surface area contributed by atoms with Crippen LogP contribution in [0.1, 0.15) is 0 Å². The Labute approximate surface area is 213 Å². The van der Waals surface area contributed by atoms with E-state index in [0.717, 1.165) is 41.4 Å². The van der Waals surface area contributed by atoms with Crippen molar-refractivity contribution in [2.45, 2.75) is 0 Å². The second-order valence-electron chi connectivity index (χ2n) is 7.65. The Morgan fingerprint density at radius 3 is 1.79 bits per heavy atom. The fourth-order valence-corrected chi connectivity index (χ4v) is 3.34. The van der Waals surface area contributed by atoms with E-state index in [4.69, 9.17) is 54.7 Å². The summed E-state index contributed by atoms with van der Waals surface area (Å²) in [5.74, 6) is 1.79. The van der Waals surface area contributed by atoms with Gasteiger partial charge < -0.3 is 19.3 Å². The number of ether oxygens (including phenoxy) is 2. The van der Waals surface area contributed by atoms with Gasteiger partial charge in [0, 0.05) is 76.4 Å². The van der Waals surface area contributed by atoms with Gasteiger partial charge in [0.25, 0.3) is 0 Å². The maximum absolute atomic E-state index is 6.87. The first-order valence-corrected chi connectivity index (χ1v) is 11.2. The van der Waals surface area contributed by atoms with Gasteiger partial charge in [0.2, 0.25) is 0 Å². The van der Waals surface area contributed by atoms with Gasteiger partial charge in [0.1, 0.15) is 24.7 Å². The third kappa shape index (κ3) is 8.14. The van der Waals surface area contributed by atoms with Crippen LogP contribution >= 0.6 is 15.9 Å². The van der Waals surface area contributed by atoms with Crippen LogP contribution in [0.2, 0.25) is 0 Å². The van der Waals surface area contributed by atoms with Crippen molar-refractivity contribution in [2.24, 2.45) is 0 Å². The van der Waals surface area contributed by atoms with E-state index in [9.17, 15) is 0 Å². The van der Waals surface area contributed by atoms with Crippen LogP contribution in [-0.2, 0) is 0 Å². The molecule has 0 saturated carbocycles. The summed E-state index contributed by atoms with van der Waals surface area (Å²) < 4.78 is 12.0. The molecule has 0 spiro atoms. The average molecular weight is 489 g/mol. The zero-order valence-corrected chi connectivity index (χ0v) is 20.5. The average Bonchev–Trinajstić information content (AvgIpc) is 2.79. The van der Waals surface area contributed by atoms with Gasteiger partial charge in [-0.05, 0) is 30.3 Å². The molecule has 154 valence electrons. The molecule has 10 radical (unpaired) electrons. The first-order valence-electron chi connectivity index (χ1n) is 10.4. The molecule has 2 aromatic rings. The lowest BCUT2D eigenvalue weighted by atomic mass is 8.68. The van der Waals surface area contributed by atoms with Crippen LogP contribution in [-0.4, -0.2) is 98.2 Å². The minimum absolute atomic E-state index is 0.519. The fourth-order valence-electron chi connectivity index (χ4n) is 3.00. The van der Waals surface area contributed by atoms with Crippen LogP contribution < -0.4 is 19.3 Å². The van der Waals surface area contributed by atoms with E-state index in [1.807, 2.05) is 31.3 Å². The van der Waals surface area contributed by atoms with Gasteiger partial charge in [0.15, 0.2) is 5.69 Å². The van der Waals surface area contributed by atoms with Crippen molar-refractivity contribution in [2.75, 3.05) is 50.2 Å². The molecule has 0 aromatic heterocycles. The molecule has 4 rings (SSSR count). The lowest BCUT2D eigenvalue weighted by Gasteiger charge is -2.27. The zero-order valence-electron chi connectivity index (χ0n) is 18.9. The number of hydrogen-bond donors (Lipinski definition) is 0. The normalized spacial score (nSPS) is 13.2. The van der Waals surface area contributed by atoms with Gasteiger partial charge in [0.05, 0.1) is 31.0 Å². The molecule has 5 nitrogen and oxygen atoms in total. The number of nitrogens with zero attached hydrogens (tertiary/aromatic N) is 3. The number of benzene rings is 2. The molecule has 0 bridgehead atoms. The molecular weight excluding hydrogens is 469 g/mol. The van der Waals surface area contributed by atoms with Gasteiger partial charge in [-0.3, -0.25) is 0 Å². The Morgan fingerprint density at radius 2 is 1.33 bits per heavy atom. The van der Waals surface area contributed by atoms with Crippen LogP contribution in [0.5, 0.6) is 11.5 Å². The lowest BCUT2D eigenvalue weighted by molar-refractivity contribution is 0.311. The first kappa shape index (κ1) is 27.4. The highest BCUT2D eigenvalue weighted by Gasteiger charge is 2.16. The van der Waals surface area contributed by atoms with E-state index in [0.29, 0.717) is 12.3 Å². The molecular formula is C19H20B8BrN3O2.